The summed E-state index contributed by atoms with van der Waals surface area (Å²) in [5.74, 6) is -4.14. The second kappa shape index (κ2) is 4.85. The van der Waals surface area contributed by atoms with Crippen LogP contribution in [0.4, 0.5) is 13.2 Å². The maximum absolute atomic E-state index is 13.3. The van der Waals surface area contributed by atoms with Gasteiger partial charge in [-0.05, 0) is 16.3 Å². The Bertz CT molecular complexity index is 559. The van der Waals surface area contributed by atoms with E-state index in [-0.39, 0.29) is 0 Å². The lowest BCUT2D eigenvalue weighted by atomic mass is 10.1. The zero-order valence-electron chi connectivity index (χ0n) is 10.8. The summed E-state index contributed by atoms with van der Waals surface area (Å²) in [4.78, 5) is 0. The highest BCUT2D eigenvalue weighted by Gasteiger charge is 2.51. The van der Waals surface area contributed by atoms with Crippen molar-refractivity contribution in [1.82, 2.24) is 0 Å². The van der Waals surface area contributed by atoms with E-state index in [9.17, 15) is 13.2 Å². The number of rotatable bonds is 2. The van der Waals surface area contributed by atoms with Crippen molar-refractivity contribution in [3.05, 3.63) is 54.6 Å². The lowest BCUT2D eigenvalue weighted by Crippen LogP contribution is -2.55. The SMILES string of the molecule is C[Si](C)(c1ccccc1-c1ccccc1)C(F)(F)F. The Morgan fingerprint density at radius 3 is 1.89 bits per heavy atom. The van der Waals surface area contributed by atoms with Crippen LogP contribution >= 0.6 is 0 Å². The molecule has 0 N–H and O–H groups in total. The molecule has 0 aromatic heterocycles. The lowest BCUT2D eigenvalue weighted by molar-refractivity contribution is -0.0539. The van der Waals surface area contributed by atoms with Crippen LogP contribution in [0.15, 0.2) is 54.6 Å². The van der Waals surface area contributed by atoms with Gasteiger partial charge in [0.05, 0.1) is 0 Å². The molecule has 0 saturated carbocycles. The first kappa shape index (κ1) is 13.9. The van der Waals surface area contributed by atoms with Crippen molar-refractivity contribution in [2.45, 2.75) is 18.9 Å². The third-order valence-electron chi connectivity index (χ3n) is 3.39. The minimum Gasteiger partial charge on any atom is -0.176 e. The number of benzene rings is 2. The van der Waals surface area contributed by atoms with Gasteiger partial charge in [-0.15, -0.1) is 0 Å². The average molecular weight is 280 g/mol. The van der Waals surface area contributed by atoms with Crippen molar-refractivity contribution >= 4 is 13.3 Å². The molecular weight excluding hydrogens is 265 g/mol. The smallest absolute Gasteiger partial charge is 0.176 e. The Hall–Kier alpha value is -1.55. The van der Waals surface area contributed by atoms with Gasteiger partial charge in [0.15, 0.2) is 0 Å². The topological polar surface area (TPSA) is 0 Å². The van der Waals surface area contributed by atoms with Crippen LogP contribution in [0.25, 0.3) is 11.1 Å². The molecule has 0 aliphatic carbocycles. The van der Waals surface area contributed by atoms with Crippen molar-refractivity contribution in [3.63, 3.8) is 0 Å². The third-order valence-corrected chi connectivity index (χ3v) is 6.59. The summed E-state index contributed by atoms with van der Waals surface area (Å²) in [6.45, 7) is 2.71. The predicted octanol–water partition coefficient (Wildman–Crippen LogP) is 4.37. The van der Waals surface area contributed by atoms with Gasteiger partial charge in [0.2, 0.25) is 8.07 Å². The Balaban J connectivity index is 2.61. The minimum absolute atomic E-state index is 0.439. The summed E-state index contributed by atoms with van der Waals surface area (Å²) in [6, 6.07) is 16.1. The van der Waals surface area contributed by atoms with E-state index < -0.39 is 13.9 Å². The Morgan fingerprint density at radius 2 is 1.32 bits per heavy atom. The number of halogens is 3. The van der Waals surface area contributed by atoms with Crippen LogP contribution in [0.2, 0.25) is 13.1 Å². The van der Waals surface area contributed by atoms with Crippen LogP contribution in [0.3, 0.4) is 0 Å². The van der Waals surface area contributed by atoms with E-state index in [0.717, 1.165) is 5.56 Å². The summed E-state index contributed by atoms with van der Waals surface area (Å²) >= 11 is 0. The van der Waals surface area contributed by atoms with Gasteiger partial charge in [-0.3, -0.25) is 0 Å². The van der Waals surface area contributed by atoms with Crippen molar-refractivity contribution < 1.29 is 13.2 Å². The molecule has 4 heteroatoms. The van der Waals surface area contributed by atoms with Gasteiger partial charge in [-0.1, -0.05) is 67.7 Å². The van der Waals surface area contributed by atoms with E-state index in [2.05, 4.69) is 0 Å². The second-order valence-electron chi connectivity index (χ2n) is 5.03. The van der Waals surface area contributed by atoms with Gasteiger partial charge in [-0.2, -0.15) is 13.2 Å². The van der Waals surface area contributed by atoms with Crippen molar-refractivity contribution in [2.24, 2.45) is 0 Å². The van der Waals surface area contributed by atoms with Crippen LogP contribution in [0, 0.1) is 0 Å². The molecule has 0 aliphatic heterocycles. The number of hydrogen-bond acceptors (Lipinski definition) is 0. The monoisotopic (exact) mass is 280 g/mol. The lowest BCUT2D eigenvalue weighted by Gasteiger charge is -2.28. The van der Waals surface area contributed by atoms with E-state index in [1.807, 2.05) is 30.3 Å². The Kier molecular flexibility index (Phi) is 3.54. The highest BCUT2D eigenvalue weighted by molar-refractivity contribution is 6.92. The fourth-order valence-electron chi connectivity index (χ4n) is 2.05. The van der Waals surface area contributed by atoms with Crippen LogP contribution in [0.5, 0.6) is 0 Å². The van der Waals surface area contributed by atoms with Gasteiger partial charge in [0.1, 0.15) is 0 Å². The van der Waals surface area contributed by atoms with Crippen LogP contribution < -0.4 is 5.19 Å². The third kappa shape index (κ3) is 2.58. The molecular formula is C15H15F3Si. The summed E-state index contributed by atoms with van der Waals surface area (Å²) in [7, 11) is -3.51. The van der Waals surface area contributed by atoms with E-state index in [4.69, 9.17) is 0 Å². The van der Waals surface area contributed by atoms with Gasteiger partial charge in [-0.25, -0.2) is 0 Å². The molecule has 0 atom stereocenters. The molecule has 0 unspecified atom stereocenters. The minimum atomic E-state index is -4.14. The normalized spacial score (nSPS) is 12.5. The maximum atomic E-state index is 13.3. The fraction of sp³-hybridized carbons (Fsp3) is 0.200. The summed E-state index contributed by atoms with van der Waals surface area (Å²) in [6.07, 6.45) is 0. The zero-order valence-corrected chi connectivity index (χ0v) is 11.8. The van der Waals surface area contributed by atoms with Crippen molar-refractivity contribution in [1.29, 1.82) is 0 Å². The molecule has 0 fully saturated rings. The molecule has 0 bridgehead atoms. The molecule has 0 amide bonds. The first-order valence-corrected chi connectivity index (χ1v) is 9.05. The van der Waals surface area contributed by atoms with E-state index in [1.165, 1.54) is 13.1 Å². The van der Waals surface area contributed by atoms with Crippen molar-refractivity contribution in [2.75, 3.05) is 0 Å². The predicted molar refractivity (Wildman–Crippen MR) is 75.0 cm³/mol. The van der Waals surface area contributed by atoms with E-state index >= 15 is 0 Å². The van der Waals surface area contributed by atoms with E-state index in [0.29, 0.717) is 10.8 Å². The Labute approximate surface area is 111 Å². The quantitative estimate of drug-likeness (QED) is 0.717. The van der Waals surface area contributed by atoms with Gasteiger partial charge < -0.3 is 0 Å². The summed E-state index contributed by atoms with van der Waals surface area (Å²) < 4.78 is 39.8. The first-order chi connectivity index (χ1) is 8.84. The van der Waals surface area contributed by atoms with Crippen LogP contribution in [-0.4, -0.2) is 13.9 Å². The molecule has 2 aromatic carbocycles. The van der Waals surface area contributed by atoms with Crippen molar-refractivity contribution in [3.8, 4) is 11.1 Å². The number of hydrogen-bond donors (Lipinski definition) is 0. The highest BCUT2D eigenvalue weighted by atomic mass is 28.3. The van der Waals surface area contributed by atoms with Gasteiger partial charge in [0, 0.05) is 0 Å². The molecule has 100 valence electrons. The molecule has 2 rings (SSSR count). The molecule has 0 heterocycles. The highest BCUT2D eigenvalue weighted by Crippen LogP contribution is 2.31. The molecule has 19 heavy (non-hydrogen) atoms. The molecule has 0 nitrogen and oxygen atoms in total. The Morgan fingerprint density at radius 1 is 0.789 bits per heavy atom. The second-order valence-corrected chi connectivity index (χ2v) is 9.39. The molecule has 0 radical (unpaired) electrons. The van der Waals surface area contributed by atoms with E-state index in [1.54, 1.807) is 24.3 Å². The number of alkyl halides is 3. The van der Waals surface area contributed by atoms with Crippen LogP contribution in [-0.2, 0) is 0 Å². The average Bonchev–Trinajstić information content (AvgIpc) is 2.38. The molecule has 0 aliphatic rings. The molecule has 0 spiro atoms. The molecule has 2 aromatic rings. The first-order valence-electron chi connectivity index (χ1n) is 6.05. The summed E-state index contributed by atoms with van der Waals surface area (Å²) in [5, 5.41) is 0.439. The molecule has 0 saturated heterocycles. The summed E-state index contributed by atoms with van der Waals surface area (Å²) in [5.41, 5.74) is 1.53. The van der Waals surface area contributed by atoms with Crippen LogP contribution in [0.1, 0.15) is 0 Å². The van der Waals surface area contributed by atoms with Gasteiger partial charge >= 0.3 is 5.80 Å². The maximum Gasteiger partial charge on any atom is 0.365 e. The zero-order chi connectivity index (χ0) is 14.1. The fourth-order valence-corrected chi connectivity index (χ4v) is 3.77. The largest absolute Gasteiger partial charge is 0.365 e. The standard InChI is InChI=1S/C15H15F3Si/c1-19(2,15(16,17)18)14-11-7-6-10-13(14)12-8-4-3-5-9-12/h3-11H,1-2H3. The van der Waals surface area contributed by atoms with Gasteiger partial charge in [0.25, 0.3) is 0 Å².